The molecule has 0 aromatic carbocycles. The second-order valence-electron chi connectivity index (χ2n) is 4.24. The number of ketones is 1. The number of Topliss-reactive ketones (excluding diaryl/α,β-unsaturated/α-hetero) is 1. The Kier molecular flexibility index (Phi) is 1.35. The first kappa shape index (κ1) is 7.77. The Bertz CT molecular complexity index is 249. The standard InChI is InChI=1S/C9H13NO2/c1-5(2)7-9(8(12)10-7)3-6(11)4-9/h5,7H,3-4H2,1-2H3,(H,10,12). The van der Waals surface area contributed by atoms with Crippen LogP contribution in [-0.2, 0) is 9.59 Å². The molecule has 1 unspecified atom stereocenters. The molecule has 1 saturated carbocycles. The molecule has 1 spiro atoms. The van der Waals surface area contributed by atoms with Crippen LogP contribution >= 0.6 is 0 Å². The van der Waals surface area contributed by atoms with Crippen LogP contribution in [0.3, 0.4) is 0 Å². The summed E-state index contributed by atoms with van der Waals surface area (Å²) in [5.41, 5.74) is -0.286. The highest BCUT2D eigenvalue weighted by Gasteiger charge is 2.62. The number of carbonyl (C=O) groups is 2. The molecule has 66 valence electrons. The Morgan fingerprint density at radius 1 is 1.42 bits per heavy atom. The summed E-state index contributed by atoms with van der Waals surface area (Å²) in [6, 6.07) is 0.239. The van der Waals surface area contributed by atoms with Gasteiger partial charge in [-0.15, -0.1) is 0 Å². The molecule has 2 fully saturated rings. The molecule has 1 heterocycles. The van der Waals surface area contributed by atoms with E-state index in [1.54, 1.807) is 0 Å². The first-order valence-corrected chi connectivity index (χ1v) is 4.39. The summed E-state index contributed by atoms with van der Waals surface area (Å²) >= 11 is 0. The number of rotatable bonds is 1. The van der Waals surface area contributed by atoms with Crippen molar-refractivity contribution in [3.63, 3.8) is 0 Å². The number of hydrogen-bond acceptors (Lipinski definition) is 2. The summed E-state index contributed by atoms with van der Waals surface area (Å²) in [4.78, 5) is 22.1. The third-order valence-electron chi connectivity index (χ3n) is 3.03. The highest BCUT2D eigenvalue weighted by atomic mass is 16.2. The summed E-state index contributed by atoms with van der Waals surface area (Å²) in [5, 5.41) is 2.86. The van der Waals surface area contributed by atoms with Gasteiger partial charge in [-0.2, -0.15) is 0 Å². The normalized spacial score (nSPS) is 31.4. The number of nitrogens with one attached hydrogen (secondary N) is 1. The van der Waals surface area contributed by atoms with Crippen LogP contribution in [0.2, 0.25) is 0 Å². The fourth-order valence-corrected chi connectivity index (χ4v) is 2.32. The molecule has 2 rings (SSSR count). The second kappa shape index (κ2) is 2.09. The number of β-lactam (4-membered cyclic amide) rings is 1. The van der Waals surface area contributed by atoms with Gasteiger partial charge >= 0.3 is 0 Å². The SMILES string of the molecule is CC(C)C1NC(=O)C12CC(=O)C2. The minimum atomic E-state index is -0.286. The van der Waals surface area contributed by atoms with Crippen molar-refractivity contribution in [2.24, 2.45) is 11.3 Å². The molecule has 1 saturated heterocycles. The maximum absolute atomic E-state index is 11.2. The van der Waals surface area contributed by atoms with E-state index in [0.717, 1.165) is 0 Å². The van der Waals surface area contributed by atoms with E-state index in [9.17, 15) is 9.59 Å². The minimum absolute atomic E-state index is 0.0841. The molecule has 1 atom stereocenters. The largest absolute Gasteiger partial charge is 0.351 e. The van der Waals surface area contributed by atoms with Crippen LogP contribution in [-0.4, -0.2) is 17.7 Å². The van der Waals surface area contributed by atoms with Gasteiger partial charge in [-0.3, -0.25) is 9.59 Å². The average molecular weight is 167 g/mol. The molecule has 12 heavy (non-hydrogen) atoms. The van der Waals surface area contributed by atoms with Gasteiger partial charge in [0.05, 0.1) is 5.41 Å². The van der Waals surface area contributed by atoms with Gasteiger partial charge in [-0.1, -0.05) is 13.8 Å². The third kappa shape index (κ3) is 0.713. The molecule has 1 aliphatic heterocycles. The van der Waals surface area contributed by atoms with E-state index in [2.05, 4.69) is 19.2 Å². The molecule has 3 nitrogen and oxygen atoms in total. The monoisotopic (exact) mass is 167 g/mol. The summed E-state index contributed by atoms with van der Waals surface area (Å²) in [7, 11) is 0. The van der Waals surface area contributed by atoms with Crippen molar-refractivity contribution in [3.8, 4) is 0 Å². The van der Waals surface area contributed by atoms with Gasteiger partial charge in [0.2, 0.25) is 5.91 Å². The van der Waals surface area contributed by atoms with Crippen molar-refractivity contribution >= 4 is 11.7 Å². The summed E-state index contributed by atoms with van der Waals surface area (Å²) < 4.78 is 0. The van der Waals surface area contributed by atoms with Crippen LogP contribution in [0.15, 0.2) is 0 Å². The Labute approximate surface area is 71.5 Å². The Morgan fingerprint density at radius 2 is 2.00 bits per heavy atom. The average Bonchev–Trinajstić information content (AvgIpc) is 1.92. The van der Waals surface area contributed by atoms with E-state index in [0.29, 0.717) is 18.8 Å². The van der Waals surface area contributed by atoms with Crippen LogP contribution in [0.25, 0.3) is 0 Å². The van der Waals surface area contributed by atoms with Crippen LogP contribution in [0.1, 0.15) is 26.7 Å². The lowest BCUT2D eigenvalue weighted by molar-refractivity contribution is -0.165. The van der Waals surface area contributed by atoms with Gasteiger partial charge in [-0.25, -0.2) is 0 Å². The topological polar surface area (TPSA) is 46.2 Å². The zero-order valence-corrected chi connectivity index (χ0v) is 7.39. The minimum Gasteiger partial charge on any atom is -0.351 e. The van der Waals surface area contributed by atoms with E-state index < -0.39 is 0 Å². The van der Waals surface area contributed by atoms with E-state index in [1.165, 1.54) is 0 Å². The number of carbonyl (C=O) groups excluding carboxylic acids is 2. The smallest absolute Gasteiger partial charge is 0.229 e. The fraction of sp³-hybridized carbons (Fsp3) is 0.778. The van der Waals surface area contributed by atoms with E-state index in [1.807, 2.05) is 0 Å². The van der Waals surface area contributed by atoms with Gasteiger partial charge in [0.1, 0.15) is 5.78 Å². The van der Waals surface area contributed by atoms with Crippen LogP contribution < -0.4 is 5.32 Å². The van der Waals surface area contributed by atoms with Crippen LogP contribution in [0.4, 0.5) is 0 Å². The van der Waals surface area contributed by atoms with Crippen molar-refractivity contribution < 1.29 is 9.59 Å². The van der Waals surface area contributed by atoms with E-state index in [-0.39, 0.29) is 23.1 Å². The Balaban J connectivity index is 2.13. The van der Waals surface area contributed by atoms with Gasteiger partial charge in [0, 0.05) is 18.9 Å². The molecular formula is C9H13NO2. The third-order valence-corrected chi connectivity index (χ3v) is 3.03. The highest BCUT2D eigenvalue weighted by Crippen LogP contribution is 2.49. The number of amides is 1. The number of hydrogen-bond donors (Lipinski definition) is 1. The van der Waals surface area contributed by atoms with Crippen LogP contribution in [0.5, 0.6) is 0 Å². The molecule has 0 bridgehead atoms. The fourth-order valence-electron chi connectivity index (χ4n) is 2.32. The Morgan fingerprint density at radius 3 is 2.33 bits per heavy atom. The van der Waals surface area contributed by atoms with Gasteiger partial charge in [-0.05, 0) is 5.92 Å². The summed E-state index contributed by atoms with van der Waals surface area (Å²) in [5.74, 6) is 0.757. The lowest BCUT2D eigenvalue weighted by atomic mass is 9.55. The highest BCUT2D eigenvalue weighted by molar-refractivity contribution is 6.04. The van der Waals surface area contributed by atoms with Crippen molar-refractivity contribution in [2.45, 2.75) is 32.7 Å². The predicted octanol–water partition coefficient (Wildman–Crippen LogP) is 0.490. The molecular weight excluding hydrogens is 154 g/mol. The van der Waals surface area contributed by atoms with Crippen molar-refractivity contribution in [1.82, 2.24) is 5.32 Å². The quantitative estimate of drug-likeness (QED) is 0.578. The second-order valence-corrected chi connectivity index (χ2v) is 4.24. The molecule has 1 amide bonds. The van der Waals surface area contributed by atoms with Gasteiger partial charge in [0.15, 0.2) is 0 Å². The zero-order chi connectivity index (χ0) is 8.93. The maximum Gasteiger partial charge on any atom is 0.229 e. The molecule has 2 aliphatic rings. The van der Waals surface area contributed by atoms with Crippen LogP contribution in [0, 0.1) is 11.3 Å². The van der Waals surface area contributed by atoms with E-state index >= 15 is 0 Å². The lowest BCUT2D eigenvalue weighted by Crippen LogP contribution is -2.73. The van der Waals surface area contributed by atoms with E-state index in [4.69, 9.17) is 0 Å². The first-order valence-electron chi connectivity index (χ1n) is 4.39. The van der Waals surface area contributed by atoms with Crippen molar-refractivity contribution in [1.29, 1.82) is 0 Å². The van der Waals surface area contributed by atoms with Gasteiger partial charge < -0.3 is 5.32 Å². The summed E-state index contributed by atoms with van der Waals surface area (Å²) in [6.45, 7) is 4.16. The van der Waals surface area contributed by atoms with Crippen molar-refractivity contribution in [3.05, 3.63) is 0 Å². The molecule has 3 heteroatoms. The lowest BCUT2D eigenvalue weighted by Gasteiger charge is -2.55. The molecule has 0 aromatic rings. The molecule has 0 radical (unpaired) electrons. The zero-order valence-electron chi connectivity index (χ0n) is 7.39. The predicted molar refractivity (Wildman–Crippen MR) is 43.4 cm³/mol. The summed E-state index contributed by atoms with van der Waals surface area (Å²) in [6.07, 6.45) is 0.948. The maximum atomic E-state index is 11.2. The first-order chi connectivity index (χ1) is 5.56. The van der Waals surface area contributed by atoms with Gasteiger partial charge in [0.25, 0.3) is 0 Å². The molecule has 0 aromatic heterocycles. The molecule has 1 N–H and O–H groups in total. The van der Waals surface area contributed by atoms with Crippen molar-refractivity contribution in [2.75, 3.05) is 0 Å². The molecule has 1 aliphatic carbocycles. The Hall–Kier alpha value is -0.860.